The summed E-state index contributed by atoms with van der Waals surface area (Å²) in [6.45, 7) is 11.0. The summed E-state index contributed by atoms with van der Waals surface area (Å²) < 4.78 is 6.48. The first-order chi connectivity index (χ1) is 8.16. The third-order valence-electron chi connectivity index (χ3n) is 4.48. The van der Waals surface area contributed by atoms with Crippen molar-refractivity contribution in [2.45, 2.75) is 70.2 Å². The number of nitriles is 1. The van der Waals surface area contributed by atoms with Crippen molar-refractivity contribution in [2.75, 3.05) is 0 Å². The van der Waals surface area contributed by atoms with Gasteiger partial charge in [0.15, 0.2) is 8.32 Å². The summed E-state index contributed by atoms with van der Waals surface area (Å²) in [5, 5.41) is 9.17. The van der Waals surface area contributed by atoms with Crippen LogP contribution in [0.1, 0.15) is 46.5 Å². The van der Waals surface area contributed by atoms with Gasteiger partial charge in [0.1, 0.15) is 6.29 Å². The van der Waals surface area contributed by atoms with Crippen molar-refractivity contribution >= 4 is 14.6 Å². The van der Waals surface area contributed by atoms with E-state index < -0.39 is 8.32 Å². The number of rotatable bonds is 4. The molecule has 2 atom stereocenters. The second kappa shape index (κ2) is 5.14. The van der Waals surface area contributed by atoms with E-state index in [1.165, 1.54) is 0 Å². The highest BCUT2D eigenvalue weighted by Gasteiger charge is 2.48. The highest BCUT2D eigenvalue weighted by Crippen LogP contribution is 2.46. The standard InChI is InChI=1S/C14H25NO2Si/c1-13(2,3)18(4,5)17-14(8-9-16)7-6-12(10-14)11-15/h9,12H,6-8,10H2,1-5H3. The van der Waals surface area contributed by atoms with Gasteiger partial charge in [-0.15, -0.1) is 0 Å². The van der Waals surface area contributed by atoms with Crippen LogP contribution in [0.5, 0.6) is 0 Å². The van der Waals surface area contributed by atoms with Gasteiger partial charge in [0.2, 0.25) is 0 Å². The van der Waals surface area contributed by atoms with E-state index in [-0.39, 0.29) is 16.6 Å². The summed E-state index contributed by atoms with van der Waals surface area (Å²) >= 11 is 0. The predicted molar refractivity (Wildman–Crippen MR) is 74.6 cm³/mol. The zero-order valence-corrected chi connectivity index (χ0v) is 13.2. The lowest BCUT2D eigenvalue weighted by Gasteiger charge is -2.43. The molecule has 0 heterocycles. The third kappa shape index (κ3) is 3.21. The van der Waals surface area contributed by atoms with Gasteiger partial charge in [-0.1, -0.05) is 20.8 Å². The van der Waals surface area contributed by atoms with Crippen molar-refractivity contribution in [3.8, 4) is 6.07 Å². The molecule has 102 valence electrons. The molecule has 0 bridgehead atoms. The van der Waals surface area contributed by atoms with E-state index in [1.807, 2.05) is 0 Å². The summed E-state index contributed by atoms with van der Waals surface area (Å²) in [6.07, 6.45) is 3.80. The van der Waals surface area contributed by atoms with Crippen LogP contribution in [0.3, 0.4) is 0 Å². The Morgan fingerprint density at radius 3 is 2.50 bits per heavy atom. The van der Waals surface area contributed by atoms with E-state index in [0.29, 0.717) is 6.42 Å². The lowest BCUT2D eigenvalue weighted by atomic mass is 9.97. The minimum Gasteiger partial charge on any atom is -0.411 e. The Labute approximate surface area is 112 Å². The maximum Gasteiger partial charge on any atom is 0.192 e. The van der Waals surface area contributed by atoms with Gasteiger partial charge in [-0.2, -0.15) is 5.26 Å². The molecule has 0 aromatic carbocycles. The van der Waals surface area contributed by atoms with E-state index in [9.17, 15) is 4.79 Å². The third-order valence-corrected chi connectivity index (χ3v) is 9.04. The van der Waals surface area contributed by atoms with Crippen LogP contribution >= 0.6 is 0 Å². The number of aldehydes is 1. The van der Waals surface area contributed by atoms with Gasteiger partial charge in [-0.3, -0.25) is 0 Å². The molecule has 1 aliphatic rings. The van der Waals surface area contributed by atoms with E-state index >= 15 is 0 Å². The van der Waals surface area contributed by atoms with Gasteiger partial charge in [0.05, 0.1) is 11.7 Å². The molecule has 0 radical (unpaired) electrons. The molecule has 1 aliphatic carbocycles. The molecule has 4 heteroatoms. The van der Waals surface area contributed by atoms with Gasteiger partial charge in [0.25, 0.3) is 0 Å². The van der Waals surface area contributed by atoms with E-state index in [2.05, 4.69) is 39.9 Å². The zero-order chi connectivity index (χ0) is 14.0. The monoisotopic (exact) mass is 267 g/mol. The Bertz CT molecular complexity index is 354. The Morgan fingerprint density at radius 1 is 1.50 bits per heavy atom. The van der Waals surface area contributed by atoms with Gasteiger partial charge in [0, 0.05) is 12.3 Å². The molecule has 0 N–H and O–H groups in total. The van der Waals surface area contributed by atoms with Crippen LogP contribution in [0.2, 0.25) is 18.1 Å². The number of nitrogens with zero attached hydrogens (tertiary/aromatic N) is 1. The van der Waals surface area contributed by atoms with Crippen molar-refractivity contribution in [1.82, 2.24) is 0 Å². The Hall–Kier alpha value is -0.663. The lowest BCUT2D eigenvalue weighted by Crippen LogP contribution is -2.49. The first kappa shape index (κ1) is 15.4. The van der Waals surface area contributed by atoms with E-state index in [0.717, 1.165) is 25.5 Å². The maximum absolute atomic E-state index is 10.9. The first-order valence-corrected chi connectivity index (χ1v) is 9.60. The fraction of sp³-hybridized carbons (Fsp3) is 0.857. The lowest BCUT2D eigenvalue weighted by molar-refractivity contribution is -0.111. The Balaban J connectivity index is 2.89. The molecule has 1 fully saturated rings. The highest BCUT2D eigenvalue weighted by atomic mass is 28.4. The topological polar surface area (TPSA) is 50.1 Å². The normalized spacial score (nSPS) is 29.0. The molecule has 0 saturated heterocycles. The van der Waals surface area contributed by atoms with E-state index in [4.69, 9.17) is 9.69 Å². The van der Waals surface area contributed by atoms with Crippen LogP contribution in [-0.2, 0) is 9.22 Å². The number of hydrogen-bond acceptors (Lipinski definition) is 3. The second-order valence-corrected chi connectivity index (χ2v) is 11.7. The van der Waals surface area contributed by atoms with Crippen molar-refractivity contribution in [1.29, 1.82) is 5.26 Å². The quantitative estimate of drug-likeness (QED) is 0.577. The fourth-order valence-corrected chi connectivity index (χ4v) is 4.02. The number of hydrogen-bond donors (Lipinski definition) is 0. The average Bonchev–Trinajstić information content (AvgIpc) is 2.59. The van der Waals surface area contributed by atoms with Crippen molar-refractivity contribution in [2.24, 2.45) is 5.92 Å². The van der Waals surface area contributed by atoms with Crippen LogP contribution < -0.4 is 0 Å². The molecule has 0 aromatic rings. The van der Waals surface area contributed by atoms with Crippen LogP contribution in [0.4, 0.5) is 0 Å². The molecule has 1 rings (SSSR count). The zero-order valence-electron chi connectivity index (χ0n) is 12.2. The first-order valence-electron chi connectivity index (χ1n) is 6.69. The molecule has 0 aromatic heterocycles. The van der Waals surface area contributed by atoms with Crippen LogP contribution in [0, 0.1) is 17.2 Å². The van der Waals surface area contributed by atoms with Gasteiger partial charge in [-0.25, -0.2) is 0 Å². The Kier molecular flexibility index (Phi) is 4.40. The van der Waals surface area contributed by atoms with Crippen molar-refractivity contribution < 1.29 is 9.22 Å². The molecular formula is C14H25NO2Si. The summed E-state index contributed by atoms with van der Waals surface area (Å²) in [5.74, 6) is 0.0507. The van der Waals surface area contributed by atoms with E-state index in [1.54, 1.807) is 0 Å². The highest BCUT2D eigenvalue weighted by molar-refractivity contribution is 6.74. The average molecular weight is 267 g/mol. The minimum atomic E-state index is -1.89. The largest absolute Gasteiger partial charge is 0.411 e. The van der Waals surface area contributed by atoms with Gasteiger partial charge in [-0.05, 0) is 37.4 Å². The molecule has 18 heavy (non-hydrogen) atoms. The Morgan fingerprint density at radius 2 is 2.11 bits per heavy atom. The van der Waals surface area contributed by atoms with Gasteiger partial charge < -0.3 is 9.22 Å². The molecule has 1 saturated carbocycles. The summed E-state index contributed by atoms with van der Waals surface area (Å²) in [5.41, 5.74) is -0.370. The van der Waals surface area contributed by atoms with Crippen LogP contribution in [0.25, 0.3) is 0 Å². The summed E-state index contributed by atoms with van der Waals surface area (Å²) in [7, 11) is -1.89. The maximum atomic E-state index is 10.9. The number of carbonyl (C=O) groups excluding carboxylic acids is 1. The predicted octanol–water partition coefficient (Wildman–Crippen LogP) is 3.66. The van der Waals surface area contributed by atoms with Crippen LogP contribution in [0.15, 0.2) is 0 Å². The SMILES string of the molecule is CC(C)(C)[Si](C)(C)OC1(CC=O)CCC(C#N)C1. The smallest absolute Gasteiger partial charge is 0.192 e. The summed E-state index contributed by atoms with van der Waals surface area (Å²) in [6, 6.07) is 2.32. The molecule has 0 spiro atoms. The molecule has 3 nitrogen and oxygen atoms in total. The second-order valence-electron chi connectivity index (χ2n) is 6.98. The fourth-order valence-electron chi connectivity index (χ4n) is 2.37. The molecule has 2 unspecified atom stereocenters. The molecule has 0 aliphatic heterocycles. The molecule has 0 amide bonds. The van der Waals surface area contributed by atoms with Crippen LogP contribution in [-0.4, -0.2) is 20.2 Å². The van der Waals surface area contributed by atoms with Crippen molar-refractivity contribution in [3.05, 3.63) is 0 Å². The minimum absolute atomic E-state index is 0.0507. The molecular weight excluding hydrogens is 242 g/mol. The summed E-state index contributed by atoms with van der Waals surface area (Å²) in [4.78, 5) is 10.9. The number of carbonyl (C=O) groups is 1. The van der Waals surface area contributed by atoms with Crippen molar-refractivity contribution in [3.63, 3.8) is 0 Å². The van der Waals surface area contributed by atoms with Gasteiger partial charge >= 0.3 is 0 Å².